The molecule has 0 bridgehead atoms. The van der Waals surface area contributed by atoms with E-state index in [2.05, 4.69) is 0 Å². The SMILES string of the molecule is CCOC(=O)C=C1C(=O)N(Cc2ccccc2)c2ccc(F)cc21. The van der Waals surface area contributed by atoms with Crippen molar-refractivity contribution in [2.45, 2.75) is 13.5 Å². The van der Waals surface area contributed by atoms with Crippen molar-refractivity contribution in [1.82, 2.24) is 0 Å². The van der Waals surface area contributed by atoms with Crippen LogP contribution in [-0.4, -0.2) is 18.5 Å². The molecule has 1 heterocycles. The summed E-state index contributed by atoms with van der Waals surface area (Å²) < 4.78 is 18.5. The molecule has 0 saturated carbocycles. The van der Waals surface area contributed by atoms with Crippen molar-refractivity contribution < 1.29 is 18.7 Å². The van der Waals surface area contributed by atoms with Gasteiger partial charge >= 0.3 is 5.97 Å². The summed E-state index contributed by atoms with van der Waals surface area (Å²) >= 11 is 0. The lowest BCUT2D eigenvalue weighted by Crippen LogP contribution is -2.25. The summed E-state index contributed by atoms with van der Waals surface area (Å²) in [5.74, 6) is -1.41. The molecule has 122 valence electrons. The monoisotopic (exact) mass is 325 g/mol. The lowest BCUT2D eigenvalue weighted by Gasteiger charge is -2.17. The topological polar surface area (TPSA) is 46.6 Å². The van der Waals surface area contributed by atoms with E-state index in [0.717, 1.165) is 11.6 Å². The van der Waals surface area contributed by atoms with Crippen LogP contribution in [-0.2, 0) is 20.9 Å². The highest BCUT2D eigenvalue weighted by Crippen LogP contribution is 2.38. The van der Waals surface area contributed by atoms with Gasteiger partial charge in [-0.15, -0.1) is 0 Å². The fourth-order valence-electron chi connectivity index (χ4n) is 2.69. The number of benzene rings is 2. The van der Waals surface area contributed by atoms with Crippen LogP contribution in [0.4, 0.5) is 10.1 Å². The summed E-state index contributed by atoms with van der Waals surface area (Å²) in [5.41, 5.74) is 2.09. The fraction of sp³-hybridized carbons (Fsp3) is 0.158. The molecule has 0 atom stereocenters. The average molecular weight is 325 g/mol. The first-order valence-corrected chi connectivity index (χ1v) is 7.64. The number of hydrogen-bond acceptors (Lipinski definition) is 3. The van der Waals surface area contributed by atoms with Crippen LogP contribution in [0.2, 0.25) is 0 Å². The first-order valence-electron chi connectivity index (χ1n) is 7.64. The van der Waals surface area contributed by atoms with Gasteiger partial charge in [-0.3, -0.25) is 4.79 Å². The zero-order valence-electron chi connectivity index (χ0n) is 13.2. The lowest BCUT2D eigenvalue weighted by atomic mass is 10.1. The summed E-state index contributed by atoms with van der Waals surface area (Å²) in [6.45, 7) is 2.24. The van der Waals surface area contributed by atoms with Crippen molar-refractivity contribution >= 4 is 23.1 Å². The Labute approximate surface area is 139 Å². The van der Waals surface area contributed by atoms with Crippen molar-refractivity contribution in [3.8, 4) is 0 Å². The van der Waals surface area contributed by atoms with Gasteiger partial charge in [-0.25, -0.2) is 9.18 Å². The molecule has 0 unspecified atom stereocenters. The highest BCUT2D eigenvalue weighted by atomic mass is 19.1. The molecule has 24 heavy (non-hydrogen) atoms. The number of hydrogen-bond donors (Lipinski definition) is 0. The zero-order chi connectivity index (χ0) is 17.1. The molecular weight excluding hydrogens is 309 g/mol. The maximum atomic E-state index is 13.6. The van der Waals surface area contributed by atoms with Crippen LogP contribution in [0.5, 0.6) is 0 Å². The van der Waals surface area contributed by atoms with Gasteiger partial charge in [0.1, 0.15) is 5.82 Å². The van der Waals surface area contributed by atoms with Crippen LogP contribution in [0, 0.1) is 5.82 Å². The fourth-order valence-corrected chi connectivity index (χ4v) is 2.69. The molecular formula is C19H16FNO3. The molecule has 1 aliphatic heterocycles. The molecule has 1 amide bonds. The molecule has 3 rings (SSSR count). The minimum absolute atomic E-state index is 0.152. The number of carbonyl (C=O) groups is 2. The molecule has 0 fully saturated rings. The van der Waals surface area contributed by atoms with Gasteiger partial charge in [-0.05, 0) is 30.7 Å². The number of fused-ring (bicyclic) bond motifs is 1. The van der Waals surface area contributed by atoms with Crippen molar-refractivity contribution in [2.24, 2.45) is 0 Å². The third-order valence-corrected chi connectivity index (χ3v) is 3.75. The highest BCUT2D eigenvalue weighted by molar-refractivity contribution is 6.34. The van der Waals surface area contributed by atoms with Crippen LogP contribution in [0.15, 0.2) is 54.6 Å². The first kappa shape index (κ1) is 15.9. The van der Waals surface area contributed by atoms with Gasteiger partial charge in [0.05, 0.1) is 24.4 Å². The molecule has 2 aromatic carbocycles. The summed E-state index contributed by atoms with van der Waals surface area (Å²) in [5, 5.41) is 0. The Morgan fingerprint density at radius 1 is 1.21 bits per heavy atom. The summed E-state index contributed by atoms with van der Waals surface area (Å²) in [6.07, 6.45) is 1.13. The number of amides is 1. The molecule has 4 nitrogen and oxygen atoms in total. The molecule has 0 N–H and O–H groups in total. The van der Waals surface area contributed by atoms with E-state index < -0.39 is 11.8 Å². The van der Waals surface area contributed by atoms with Gasteiger partial charge in [-0.1, -0.05) is 30.3 Å². The van der Waals surface area contributed by atoms with Crippen LogP contribution in [0.25, 0.3) is 5.57 Å². The van der Waals surface area contributed by atoms with Crippen molar-refractivity contribution in [1.29, 1.82) is 0 Å². The molecule has 1 aliphatic rings. The Hall–Kier alpha value is -2.95. The predicted octanol–water partition coefficient (Wildman–Crippen LogP) is 3.32. The van der Waals surface area contributed by atoms with E-state index in [0.29, 0.717) is 17.8 Å². The molecule has 0 radical (unpaired) electrons. The van der Waals surface area contributed by atoms with E-state index in [1.165, 1.54) is 17.0 Å². The van der Waals surface area contributed by atoms with E-state index in [-0.39, 0.29) is 18.1 Å². The second-order valence-electron chi connectivity index (χ2n) is 5.35. The standard InChI is InChI=1S/C19H16FNO3/c1-2-24-18(22)11-16-15-10-14(20)8-9-17(15)21(19(16)23)12-13-6-4-3-5-7-13/h3-11H,2,12H2,1H3. The molecule has 0 aromatic heterocycles. The summed E-state index contributed by atoms with van der Waals surface area (Å²) in [7, 11) is 0. The van der Waals surface area contributed by atoms with E-state index in [9.17, 15) is 14.0 Å². The van der Waals surface area contributed by atoms with Gasteiger partial charge in [0.25, 0.3) is 5.91 Å². The van der Waals surface area contributed by atoms with Gasteiger partial charge < -0.3 is 9.64 Å². The number of rotatable bonds is 4. The van der Waals surface area contributed by atoms with Crippen LogP contribution >= 0.6 is 0 Å². The smallest absolute Gasteiger partial charge is 0.331 e. The van der Waals surface area contributed by atoms with Crippen LogP contribution in [0.3, 0.4) is 0 Å². The normalized spacial score (nSPS) is 14.8. The van der Waals surface area contributed by atoms with Gasteiger partial charge in [0.2, 0.25) is 0 Å². The minimum atomic E-state index is -0.613. The number of nitrogens with zero attached hydrogens (tertiary/aromatic N) is 1. The second-order valence-corrected chi connectivity index (χ2v) is 5.35. The van der Waals surface area contributed by atoms with Crippen molar-refractivity contribution in [3.05, 3.63) is 71.6 Å². The molecule has 0 spiro atoms. The van der Waals surface area contributed by atoms with Crippen LogP contribution < -0.4 is 4.90 Å². The third kappa shape index (κ3) is 3.06. The Morgan fingerprint density at radius 3 is 2.67 bits per heavy atom. The highest BCUT2D eigenvalue weighted by Gasteiger charge is 2.33. The molecule has 2 aromatic rings. The van der Waals surface area contributed by atoms with Crippen LogP contribution in [0.1, 0.15) is 18.1 Å². The number of halogens is 1. The van der Waals surface area contributed by atoms with Gasteiger partial charge in [0.15, 0.2) is 0 Å². The first-order chi connectivity index (χ1) is 11.6. The van der Waals surface area contributed by atoms with E-state index in [1.807, 2.05) is 30.3 Å². The minimum Gasteiger partial charge on any atom is -0.463 e. The Bertz CT molecular complexity index is 815. The maximum Gasteiger partial charge on any atom is 0.331 e. The summed E-state index contributed by atoms with van der Waals surface area (Å²) in [6, 6.07) is 13.6. The zero-order valence-corrected chi connectivity index (χ0v) is 13.2. The third-order valence-electron chi connectivity index (χ3n) is 3.75. The Kier molecular flexibility index (Phi) is 4.42. The van der Waals surface area contributed by atoms with E-state index >= 15 is 0 Å². The molecule has 5 heteroatoms. The van der Waals surface area contributed by atoms with E-state index in [4.69, 9.17) is 4.74 Å². The Morgan fingerprint density at radius 2 is 1.96 bits per heavy atom. The number of ether oxygens (including phenoxy) is 1. The lowest BCUT2D eigenvalue weighted by molar-refractivity contribution is -0.137. The average Bonchev–Trinajstić information content (AvgIpc) is 2.81. The van der Waals surface area contributed by atoms with Crippen molar-refractivity contribution in [2.75, 3.05) is 11.5 Å². The number of carbonyl (C=O) groups excluding carboxylic acids is 2. The van der Waals surface area contributed by atoms with E-state index in [1.54, 1.807) is 13.0 Å². The van der Waals surface area contributed by atoms with Gasteiger partial charge in [0, 0.05) is 11.6 Å². The largest absolute Gasteiger partial charge is 0.463 e. The van der Waals surface area contributed by atoms with Crippen molar-refractivity contribution in [3.63, 3.8) is 0 Å². The predicted molar refractivity (Wildman–Crippen MR) is 88.6 cm³/mol. The number of anilines is 1. The Balaban J connectivity index is 2.01. The summed E-state index contributed by atoms with van der Waals surface area (Å²) in [4.78, 5) is 26.0. The number of esters is 1. The molecule has 0 saturated heterocycles. The molecule has 0 aliphatic carbocycles. The van der Waals surface area contributed by atoms with Gasteiger partial charge in [-0.2, -0.15) is 0 Å². The quantitative estimate of drug-likeness (QED) is 0.640. The second kappa shape index (κ2) is 6.66. The maximum absolute atomic E-state index is 13.6.